The number of carbonyl (C=O) groups is 2. The fourth-order valence-electron chi connectivity index (χ4n) is 4.12. The molecule has 37 heavy (non-hydrogen) atoms. The molecule has 0 saturated carbocycles. The molecule has 2 heterocycles. The molecule has 0 radical (unpaired) electrons. The van der Waals surface area contributed by atoms with Crippen molar-refractivity contribution < 1.29 is 23.8 Å². The highest BCUT2D eigenvalue weighted by Crippen LogP contribution is 2.36. The van der Waals surface area contributed by atoms with Crippen LogP contribution >= 0.6 is 11.3 Å². The first-order valence-corrected chi connectivity index (χ1v) is 12.8. The van der Waals surface area contributed by atoms with E-state index in [4.69, 9.17) is 14.2 Å². The molecule has 192 valence electrons. The van der Waals surface area contributed by atoms with Crippen LogP contribution in [0, 0.1) is 6.92 Å². The number of rotatable bonds is 7. The van der Waals surface area contributed by atoms with E-state index in [0.717, 1.165) is 11.1 Å². The van der Waals surface area contributed by atoms with Gasteiger partial charge in [0.05, 0.1) is 35.1 Å². The van der Waals surface area contributed by atoms with Crippen molar-refractivity contribution in [2.24, 2.45) is 4.99 Å². The summed E-state index contributed by atoms with van der Waals surface area (Å²) in [5, 5.41) is 0. The van der Waals surface area contributed by atoms with E-state index in [1.54, 1.807) is 32.0 Å². The van der Waals surface area contributed by atoms with E-state index in [1.165, 1.54) is 22.8 Å². The standard InChI is InChI=1S/C28H28N2O6S/c1-6-34-22-15-20(12-13-21(22)36-18(5)31)25-24(27(33)35-7-2)17(4)29-28-30(25)26(32)23(37-28)14-19-10-8-16(3)9-11-19/h8-15,25H,6-7H2,1-5H3/b23-14-/t25-/m1/s1. The highest BCUT2D eigenvalue weighted by atomic mass is 32.1. The fraction of sp³-hybridized carbons (Fsp3) is 0.286. The number of aromatic nitrogens is 1. The summed E-state index contributed by atoms with van der Waals surface area (Å²) >= 11 is 1.26. The smallest absolute Gasteiger partial charge is 0.338 e. The molecule has 0 unspecified atom stereocenters. The predicted molar refractivity (Wildman–Crippen MR) is 140 cm³/mol. The van der Waals surface area contributed by atoms with Crippen LogP contribution in [0.1, 0.15) is 50.4 Å². The minimum atomic E-state index is -0.805. The van der Waals surface area contributed by atoms with Gasteiger partial charge in [0, 0.05) is 6.92 Å². The van der Waals surface area contributed by atoms with Crippen molar-refractivity contribution >= 4 is 29.4 Å². The molecule has 4 rings (SSSR count). The van der Waals surface area contributed by atoms with E-state index in [2.05, 4.69) is 4.99 Å². The Labute approximate surface area is 218 Å². The largest absolute Gasteiger partial charge is 0.490 e. The quantitative estimate of drug-likeness (QED) is 0.350. The number of ether oxygens (including phenoxy) is 3. The Hall–Kier alpha value is -3.98. The number of allylic oxidation sites excluding steroid dienone is 1. The number of aryl methyl sites for hydroxylation is 1. The third-order valence-corrected chi connectivity index (χ3v) is 6.71. The van der Waals surface area contributed by atoms with E-state index < -0.39 is 18.0 Å². The third-order valence-electron chi connectivity index (χ3n) is 5.73. The lowest BCUT2D eigenvalue weighted by atomic mass is 9.95. The molecule has 2 aromatic carbocycles. The molecule has 0 amide bonds. The SMILES string of the molecule is CCOC(=O)C1=C(C)N=c2s/c(=C\c3ccc(C)cc3)c(=O)n2[C@@H]1c1ccc(OC(C)=O)c(OCC)c1. The minimum absolute atomic E-state index is 0.176. The summed E-state index contributed by atoms with van der Waals surface area (Å²) in [6, 6.07) is 12.0. The highest BCUT2D eigenvalue weighted by molar-refractivity contribution is 7.07. The first-order chi connectivity index (χ1) is 17.7. The summed E-state index contributed by atoms with van der Waals surface area (Å²) in [5.41, 5.74) is 3.06. The maximum atomic E-state index is 13.7. The number of hydrogen-bond acceptors (Lipinski definition) is 8. The van der Waals surface area contributed by atoms with Gasteiger partial charge in [0.25, 0.3) is 5.56 Å². The molecule has 3 aromatic rings. The molecule has 0 spiro atoms. The Kier molecular flexibility index (Phi) is 7.73. The summed E-state index contributed by atoms with van der Waals surface area (Å²) in [5.74, 6) is -0.456. The van der Waals surface area contributed by atoms with Gasteiger partial charge in [0.2, 0.25) is 0 Å². The average molecular weight is 521 g/mol. The van der Waals surface area contributed by atoms with Crippen LogP contribution in [0.15, 0.2) is 63.5 Å². The number of esters is 2. The Morgan fingerprint density at radius 1 is 1.05 bits per heavy atom. The van der Waals surface area contributed by atoms with Crippen LogP contribution in [0.3, 0.4) is 0 Å². The number of carbonyl (C=O) groups excluding carboxylic acids is 2. The van der Waals surface area contributed by atoms with Gasteiger partial charge in [0.1, 0.15) is 0 Å². The number of benzene rings is 2. The summed E-state index contributed by atoms with van der Waals surface area (Å²) in [6.07, 6.45) is 1.82. The van der Waals surface area contributed by atoms with E-state index in [-0.39, 0.29) is 23.5 Å². The number of thiazole rings is 1. The summed E-state index contributed by atoms with van der Waals surface area (Å²) < 4.78 is 18.4. The van der Waals surface area contributed by atoms with Gasteiger partial charge in [-0.25, -0.2) is 9.79 Å². The summed E-state index contributed by atoms with van der Waals surface area (Å²) in [6.45, 7) is 9.08. The summed E-state index contributed by atoms with van der Waals surface area (Å²) in [4.78, 5) is 43.5. The van der Waals surface area contributed by atoms with Crippen molar-refractivity contribution in [3.8, 4) is 11.5 Å². The van der Waals surface area contributed by atoms with Gasteiger partial charge >= 0.3 is 11.9 Å². The zero-order valence-corrected chi connectivity index (χ0v) is 22.2. The van der Waals surface area contributed by atoms with Gasteiger partial charge in [-0.2, -0.15) is 0 Å². The number of hydrogen-bond donors (Lipinski definition) is 0. The van der Waals surface area contributed by atoms with Crippen molar-refractivity contribution in [2.75, 3.05) is 13.2 Å². The van der Waals surface area contributed by atoms with Crippen LogP contribution in [0.4, 0.5) is 0 Å². The third kappa shape index (κ3) is 5.41. The van der Waals surface area contributed by atoms with Crippen molar-refractivity contribution in [1.29, 1.82) is 0 Å². The molecular formula is C28H28N2O6S. The molecule has 0 saturated heterocycles. The van der Waals surface area contributed by atoms with Crippen LogP contribution in [0.5, 0.6) is 11.5 Å². The second-order valence-electron chi connectivity index (χ2n) is 8.45. The number of nitrogens with zero attached hydrogens (tertiary/aromatic N) is 2. The van der Waals surface area contributed by atoms with E-state index in [9.17, 15) is 14.4 Å². The zero-order valence-electron chi connectivity index (χ0n) is 21.4. The van der Waals surface area contributed by atoms with E-state index in [0.29, 0.717) is 33.0 Å². The Morgan fingerprint density at radius 3 is 2.43 bits per heavy atom. The molecule has 0 N–H and O–H groups in total. The lowest BCUT2D eigenvalue weighted by Crippen LogP contribution is -2.40. The van der Waals surface area contributed by atoms with Gasteiger partial charge in [-0.15, -0.1) is 0 Å². The first kappa shape index (κ1) is 26.1. The van der Waals surface area contributed by atoms with E-state index >= 15 is 0 Å². The molecule has 0 aliphatic carbocycles. The molecule has 1 atom stereocenters. The minimum Gasteiger partial charge on any atom is -0.490 e. The second-order valence-corrected chi connectivity index (χ2v) is 9.45. The average Bonchev–Trinajstić information content (AvgIpc) is 3.15. The number of fused-ring (bicyclic) bond motifs is 1. The topological polar surface area (TPSA) is 96.2 Å². The fourth-order valence-corrected chi connectivity index (χ4v) is 5.17. The molecule has 0 fully saturated rings. The van der Waals surface area contributed by atoms with Gasteiger partial charge in [-0.05, 0) is 57.0 Å². The van der Waals surface area contributed by atoms with E-state index in [1.807, 2.05) is 44.2 Å². The summed E-state index contributed by atoms with van der Waals surface area (Å²) in [7, 11) is 0. The molecule has 1 aromatic heterocycles. The Bertz CT molecular complexity index is 1560. The lowest BCUT2D eigenvalue weighted by Gasteiger charge is -2.25. The first-order valence-electron chi connectivity index (χ1n) is 11.9. The second kappa shape index (κ2) is 11.0. The van der Waals surface area contributed by atoms with Gasteiger partial charge < -0.3 is 14.2 Å². The van der Waals surface area contributed by atoms with Crippen LogP contribution in [-0.4, -0.2) is 29.7 Å². The van der Waals surface area contributed by atoms with Crippen molar-refractivity contribution in [3.05, 3.63) is 90.1 Å². The maximum absolute atomic E-state index is 13.7. The van der Waals surface area contributed by atoms with Gasteiger partial charge in [-0.1, -0.05) is 47.2 Å². The molecule has 9 heteroatoms. The lowest BCUT2D eigenvalue weighted by molar-refractivity contribution is -0.139. The Morgan fingerprint density at radius 2 is 1.78 bits per heavy atom. The van der Waals surface area contributed by atoms with Crippen molar-refractivity contribution in [2.45, 2.75) is 40.7 Å². The molecular weight excluding hydrogens is 492 g/mol. The van der Waals surface area contributed by atoms with Gasteiger partial charge in [-0.3, -0.25) is 14.2 Å². The van der Waals surface area contributed by atoms with Crippen LogP contribution in [0.2, 0.25) is 0 Å². The molecule has 8 nitrogen and oxygen atoms in total. The normalized spacial score (nSPS) is 15.2. The van der Waals surface area contributed by atoms with Gasteiger partial charge in [0.15, 0.2) is 16.3 Å². The van der Waals surface area contributed by atoms with Crippen molar-refractivity contribution in [3.63, 3.8) is 0 Å². The van der Waals surface area contributed by atoms with Crippen LogP contribution < -0.4 is 24.4 Å². The zero-order chi connectivity index (χ0) is 26.7. The van der Waals surface area contributed by atoms with Crippen molar-refractivity contribution in [1.82, 2.24) is 4.57 Å². The van der Waals surface area contributed by atoms with Crippen LogP contribution in [0.25, 0.3) is 6.08 Å². The molecule has 1 aliphatic rings. The maximum Gasteiger partial charge on any atom is 0.338 e. The Balaban J connectivity index is 1.94. The van der Waals surface area contributed by atoms with Crippen LogP contribution in [-0.2, 0) is 14.3 Å². The molecule has 1 aliphatic heterocycles. The molecule has 0 bridgehead atoms. The predicted octanol–water partition coefficient (Wildman–Crippen LogP) is 3.43. The highest BCUT2D eigenvalue weighted by Gasteiger charge is 2.34. The monoisotopic (exact) mass is 520 g/mol.